The summed E-state index contributed by atoms with van der Waals surface area (Å²) in [4.78, 5) is 37.1. The number of aromatic nitrogens is 1. The number of amides is 3. The van der Waals surface area contributed by atoms with Crippen molar-refractivity contribution < 1.29 is 9.59 Å². The molecule has 2 unspecified atom stereocenters. The van der Waals surface area contributed by atoms with E-state index in [4.69, 9.17) is 11.6 Å². The third-order valence-electron chi connectivity index (χ3n) is 5.48. The highest BCUT2D eigenvalue weighted by Crippen LogP contribution is 2.20. The van der Waals surface area contributed by atoms with E-state index in [9.17, 15) is 14.4 Å². The van der Waals surface area contributed by atoms with Gasteiger partial charge in [-0.05, 0) is 73.9 Å². The number of carbonyl (C=O) groups is 2. The number of hydrogen-bond donors (Lipinski definition) is 3. The third kappa shape index (κ3) is 5.18. The highest BCUT2D eigenvalue weighted by molar-refractivity contribution is 6.30. The zero-order chi connectivity index (χ0) is 22.5. The summed E-state index contributed by atoms with van der Waals surface area (Å²) in [6, 6.07) is 18.0. The molecule has 3 amide bonds. The molecule has 0 saturated heterocycles. The molecule has 32 heavy (non-hydrogen) atoms. The van der Waals surface area contributed by atoms with E-state index in [1.165, 1.54) is 10.6 Å². The molecule has 164 valence electrons. The molecule has 0 spiro atoms. The first kappa shape index (κ1) is 21.6. The summed E-state index contributed by atoms with van der Waals surface area (Å²) in [6.45, 7) is 0. The number of nitrogens with one attached hydrogen (secondary N) is 3. The molecule has 0 radical (unpaired) electrons. The average Bonchev–Trinajstić information content (AvgIpc) is 3.22. The van der Waals surface area contributed by atoms with Gasteiger partial charge in [-0.1, -0.05) is 17.7 Å². The minimum Gasteiger partial charge on any atom is -0.347 e. The Morgan fingerprint density at radius 2 is 1.56 bits per heavy atom. The SMILES string of the molecule is O=C(Nc1ccc(Cl)cc1)NC1CCCC1NC(=O)c1ccc(-n2ccccc2=O)cc1. The van der Waals surface area contributed by atoms with Crippen molar-refractivity contribution in [1.29, 1.82) is 0 Å². The van der Waals surface area contributed by atoms with Gasteiger partial charge in [0.2, 0.25) is 0 Å². The van der Waals surface area contributed by atoms with E-state index in [-0.39, 0.29) is 29.6 Å². The van der Waals surface area contributed by atoms with Gasteiger partial charge in [-0.15, -0.1) is 0 Å². The van der Waals surface area contributed by atoms with Crippen molar-refractivity contribution >= 4 is 29.2 Å². The Balaban J connectivity index is 1.36. The molecular formula is C24H23ClN4O3. The van der Waals surface area contributed by atoms with Crippen molar-refractivity contribution in [1.82, 2.24) is 15.2 Å². The number of rotatable bonds is 5. The van der Waals surface area contributed by atoms with Crippen LogP contribution in [-0.2, 0) is 0 Å². The van der Waals surface area contributed by atoms with E-state index >= 15 is 0 Å². The van der Waals surface area contributed by atoms with Crippen LogP contribution in [0.2, 0.25) is 5.02 Å². The first-order valence-electron chi connectivity index (χ1n) is 10.4. The number of halogens is 1. The Kier molecular flexibility index (Phi) is 6.56. The van der Waals surface area contributed by atoms with Crippen molar-refractivity contribution in [2.24, 2.45) is 0 Å². The van der Waals surface area contributed by atoms with E-state index < -0.39 is 0 Å². The lowest BCUT2D eigenvalue weighted by Gasteiger charge is -2.22. The summed E-state index contributed by atoms with van der Waals surface area (Å²) < 4.78 is 1.51. The lowest BCUT2D eigenvalue weighted by molar-refractivity contribution is 0.0932. The topological polar surface area (TPSA) is 92.2 Å². The summed E-state index contributed by atoms with van der Waals surface area (Å²) in [5, 5.41) is 9.35. The van der Waals surface area contributed by atoms with Gasteiger partial charge in [0.1, 0.15) is 0 Å². The van der Waals surface area contributed by atoms with Crippen molar-refractivity contribution in [3.63, 3.8) is 0 Å². The average molecular weight is 451 g/mol. The highest BCUT2D eigenvalue weighted by Gasteiger charge is 2.30. The maximum atomic E-state index is 12.7. The third-order valence-corrected chi connectivity index (χ3v) is 5.73. The predicted octanol–water partition coefficient (Wildman–Crippen LogP) is 3.96. The molecule has 7 nitrogen and oxygen atoms in total. The van der Waals surface area contributed by atoms with Crippen LogP contribution in [0.1, 0.15) is 29.6 Å². The first-order chi connectivity index (χ1) is 15.5. The summed E-state index contributed by atoms with van der Waals surface area (Å²) in [6.07, 6.45) is 4.16. The highest BCUT2D eigenvalue weighted by atomic mass is 35.5. The number of pyridine rings is 1. The lowest BCUT2D eigenvalue weighted by atomic mass is 10.1. The molecule has 2 atom stereocenters. The molecular weight excluding hydrogens is 428 g/mol. The molecule has 1 aliphatic carbocycles. The van der Waals surface area contributed by atoms with Crippen molar-refractivity contribution in [2.45, 2.75) is 31.3 Å². The van der Waals surface area contributed by atoms with E-state index in [1.54, 1.807) is 66.9 Å². The van der Waals surface area contributed by atoms with Gasteiger partial charge in [0.05, 0.1) is 6.04 Å². The number of urea groups is 1. The maximum Gasteiger partial charge on any atom is 0.319 e. The van der Waals surface area contributed by atoms with Gasteiger partial charge in [-0.3, -0.25) is 14.2 Å². The molecule has 8 heteroatoms. The van der Waals surface area contributed by atoms with Crippen LogP contribution in [0.3, 0.4) is 0 Å². The van der Waals surface area contributed by atoms with Gasteiger partial charge in [0.25, 0.3) is 11.5 Å². The molecule has 2 aromatic carbocycles. The molecule has 1 saturated carbocycles. The second-order valence-electron chi connectivity index (χ2n) is 7.68. The fraction of sp³-hybridized carbons (Fsp3) is 0.208. The van der Waals surface area contributed by atoms with E-state index in [0.717, 1.165) is 19.3 Å². The zero-order valence-electron chi connectivity index (χ0n) is 17.3. The minimum absolute atomic E-state index is 0.138. The second-order valence-corrected chi connectivity index (χ2v) is 8.11. The number of nitrogens with zero attached hydrogens (tertiary/aromatic N) is 1. The van der Waals surface area contributed by atoms with Gasteiger partial charge < -0.3 is 16.0 Å². The second kappa shape index (κ2) is 9.70. The zero-order valence-corrected chi connectivity index (χ0v) is 18.0. The van der Waals surface area contributed by atoms with E-state index in [2.05, 4.69) is 16.0 Å². The van der Waals surface area contributed by atoms with E-state index in [1.807, 2.05) is 0 Å². The van der Waals surface area contributed by atoms with Crippen LogP contribution in [0.5, 0.6) is 0 Å². The van der Waals surface area contributed by atoms with Crippen LogP contribution in [0.4, 0.5) is 10.5 Å². The molecule has 0 bridgehead atoms. The number of anilines is 1. The molecule has 0 aliphatic heterocycles. The largest absolute Gasteiger partial charge is 0.347 e. The monoisotopic (exact) mass is 450 g/mol. The number of hydrogen-bond acceptors (Lipinski definition) is 3. The fourth-order valence-corrected chi connectivity index (χ4v) is 3.97. The van der Waals surface area contributed by atoms with Crippen molar-refractivity contribution in [2.75, 3.05) is 5.32 Å². The number of carbonyl (C=O) groups excluding carboxylic acids is 2. The first-order valence-corrected chi connectivity index (χ1v) is 10.8. The quantitative estimate of drug-likeness (QED) is 0.549. The molecule has 3 aromatic rings. The molecule has 1 aliphatic rings. The lowest BCUT2D eigenvalue weighted by Crippen LogP contribution is -2.49. The molecule has 1 fully saturated rings. The van der Waals surface area contributed by atoms with Crippen molar-refractivity contribution in [3.05, 3.63) is 93.9 Å². The van der Waals surface area contributed by atoms with Crippen LogP contribution in [0.25, 0.3) is 5.69 Å². The molecule has 4 rings (SSSR count). The van der Waals surface area contributed by atoms with E-state index in [0.29, 0.717) is 22.0 Å². The summed E-state index contributed by atoms with van der Waals surface area (Å²) in [5.74, 6) is -0.214. The standard InChI is InChI=1S/C24H23ClN4O3/c25-17-9-11-18(12-10-17)26-24(32)28-21-5-3-4-20(21)27-23(31)16-7-13-19(14-8-16)29-15-2-1-6-22(29)30/h1-2,6-15,20-21H,3-5H2,(H,27,31)(H2,26,28,32). The maximum absolute atomic E-state index is 12.7. The Bertz CT molecular complexity index is 1160. The Labute approximate surface area is 190 Å². The van der Waals surface area contributed by atoms with Crippen LogP contribution in [0.15, 0.2) is 77.7 Å². The smallest absolute Gasteiger partial charge is 0.319 e. The number of benzene rings is 2. The molecule has 1 aromatic heterocycles. The summed E-state index contributed by atoms with van der Waals surface area (Å²) in [5.41, 5.74) is 1.69. The fourth-order valence-electron chi connectivity index (χ4n) is 3.84. The van der Waals surface area contributed by atoms with Gasteiger partial charge in [-0.25, -0.2) is 4.79 Å². The van der Waals surface area contributed by atoms with Crippen LogP contribution < -0.4 is 21.5 Å². The minimum atomic E-state index is -0.323. The molecule has 1 heterocycles. The van der Waals surface area contributed by atoms with Crippen LogP contribution in [-0.4, -0.2) is 28.6 Å². The van der Waals surface area contributed by atoms with Crippen molar-refractivity contribution in [3.8, 4) is 5.69 Å². The molecule has 3 N–H and O–H groups in total. The van der Waals surface area contributed by atoms with Gasteiger partial charge in [0.15, 0.2) is 0 Å². The van der Waals surface area contributed by atoms with Gasteiger partial charge in [0, 0.05) is 40.3 Å². The van der Waals surface area contributed by atoms with Crippen LogP contribution in [0, 0.1) is 0 Å². The predicted molar refractivity (Wildman–Crippen MR) is 125 cm³/mol. The Morgan fingerprint density at radius 3 is 2.25 bits per heavy atom. The van der Waals surface area contributed by atoms with Gasteiger partial charge >= 0.3 is 6.03 Å². The normalized spacial score (nSPS) is 17.5. The Hall–Kier alpha value is -3.58. The summed E-state index contributed by atoms with van der Waals surface area (Å²) >= 11 is 5.87. The van der Waals surface area contributed by atoms with Crippen LogP contribution >= 0.6 is 11.6 Å². The summed E-state index contributed by atoms with van der Waals surface area (Å²) in [7, 11) is 0. The Morgan fingerprint density at radius 1 is 0.875 bits per heavy atom. The van der Waals surface area contributed by atoms with Gasteiger partial charge in [-0.2, -0.15) is 0 Å².